The molecule has 0 atom stereocenters. The van der Waals surface area contributed by atoms with Gasteiger partial charge >= 0.3 is 0 Å². The summed E-state index contributed by atoms with van der Waals surface area (Å²) < 4.78 is 12.1. The number of hydrogen-bond donors (Lipinski definition) is 1. The molecule has 0 bridgehead atoms. The summed E-state index contributed by atoms with van der Waals surface area (Å²) in [5.41, 5.74) is 1.57. The number of fused-ring (bicyclic) bond motifs is 1. The fraction of sp³-hybridized carbons (Fsp3) is 0.391. The number of amides is 1. The summed E-state index contributed by atoms with van der Waals surface area (Å²) in [7, 11) is 1.60. The molecule has 4 rings (SSSR count). The van der Waals surface area contributed by atoms with E-state index in [0.717, 1.165) is 53.8 Å². The molecule has 0 aliphatic carbocycles. The second-order valence-corrected chi connectivity index (χ2v) is 8.36. The number of carbonyl (C=O) groups excluding carboxylic acids is 1. The second-order valence-electron chi connectivity index (χ2n) is 7.35. The van der Waals surface area contributed by atoms with Crippen molar-refractivity contribution in [3.63, 3.8) is 0 Å². The van der Waals surface area contributed by atoms with Crippen molar-refractivity contribution >= 4 is 32.6 Å². The Morgan fingerprint density at radius 2 is 1.97 bits per heavy atom. The van der Waals surface area contributed by atoms with Crippen LogP contribution < -0.4 is 19.7 Å². The molecule has 3 aromatic rings. The number of nitrogens with one attached hydrogen (secondary N) is 1. The minimum Gasteiger partial charge on any atom is -0.497 e. The minimum atomic E-state index is -0.0721. The van der Waals surface area contributed by atoms with Gasteiger partial charge in [-0.05, 0) is 37.3 Å². The molecule has 31 heavy (non-hydrogen) atoms. The summed E-state index contributed by atoms with van der Waals surface area (Å²) in [4.78, 5) is 21.9. The lowest BCUT2D eigenvalue weighted by atomic mass is 10.2. The second kappa shape index (κ2) is 9.98. The van der Waals surface area contributed by atoms with Gasteiger partial charge in [0.25, 0.3) is 5.91 Å². The van der Waals surface area contributed by atoms with Gasteiger partial charge in [-0.3, -0.25) is 9.69 Å². The highest BCUT2D eigenvalue weighted by Gasteiger charge is 2.20. The van der Waals surface area contributed by atoms with Gasteiger partial charge in [0.1, 0.15) is 17.0 Å². The molecule has 8 heteroatoms. The lowest BCUT2D eigenvalue weighted by Crippen LogP contribution is -2.48. The largest absolute Gasteiger partial charge is 0.497 e. The van der Waals surface area contributed by atoms with E-state index in [0.29, 0.717) is 24.5 Å². The number of ether oxygens (including phenoxy) is 2. The highest BCUT2D eigenvalue weighted by atomic mass is 32.1. The van der Waals surface area contributed by atoms with Gasteiger partial charge in [-0.1, -0.05) is 23.5 Å². The van der Waals surface area contributed by atoms with Crippen LogP contribution in [0.3, 0.4) is 0 Å². The first-order valence-electron chi connectivity index (χ1n) is 10.6. The number of para-hydroxylation sites is 1. The third-order valence-electron chi connectivity index (χ3n) is 5.36. The summed E-state index contributed by atoms with van der Waals surface area (Å²) >= 11 is 1.72. The zero-order valence-corrected chi connectivity index (χ0v) is 18.8. The fourth-order valence-corrected chi connectivity index (χ4v) is 4.71. The molecule has 0 unspecified atom stereocenters. The van der Waals surface area contributed by atoms with E-state index in [1.54, 1.807) is 30.6 Å². The molecule has 1 N–H and O–H groups in total. The first kappa shape index (κ1) is 21.4. The van der Waals surface area contributed by atoms with Crippen LogP contribution in [-0.4, -0.2) is 68.8 Å². The molecule has 2 aromatic carbocycles. The van der Waals surface area contributed by atoms with E-state index in [-0.39, 0.29) is 5.91 Å². The Kier molecular flexibility index (Phi) is 6.89. The number of piperazine rings is 1. The number of aromatic nitrogens is 1. The summed E-state index contributed by atoms with van der Waals surface area (Å²) in [5.74, 6) is 1.47. The summed E-state index contributed by atoms with van der Waals surface area (Å²) in [6.45, 7) is 7.82. The maximum atomic E-state index is 12.3. The molecular formula is C23H28N4O3S. The number of carbonyl (C=O) groups is 1. The van der Waals surface area contributed by atoms with Crippen molar-refractivity contribution in [1.29, 1.82) is 0 Å². The predicted octanol–water partition coefficient (Wildman–Crippen LogP) is 3.26. The Morgan fingerprint density at radius 3 is 2.74 bits per heavy atom. The third-order valence-corrected chi connectivity index (χ3v) is 6.44. The van der Waals surface area contributed by atoms with Gasteiger partial charge in [0.05, 0.1) is 18.4 Å². The van der Waals surface area contributed by atoms with Crippen molar-refractivity contribution < 1.29 is 14.3 Å². The summed E-state index contributed by atoms with van der Waals surface area (Å²) in [6, 6.07) is 13.3. The maximum Gasteiger partial charge on any atom is 0.251 e. The van der Waals surface area contributed by atoms with Crippen LogP contribution >= 0.6 is 11.3 Å². The lowest BCUT2D eigenvalue weighted by molar-refractivity contribution is 0.0947. The molecular weight excluding hydrogens is 412 g/mol. The average Bonchev–Trinajstić information content (AvgIpc) is 3.25. The van der Waals surface area contributed by atoms with Crippen LogP contribution in [-0.2, 0) is 0 Å². The lowest BCUT2D eigenvalue weighted by Gasteiger charge is -2.34. The SMILES string of the molecule is CCOc1cccc2sc(N3CCN(CCNC(=O)c4cccc(OC)c4)CC3)nc12. The first-order valence-corrected chi connectivity index (χ1v) is 11.4. The molecule has 1 aliphatic heterocycles. The topological polar surface area (TPSA) is 66.9 Å². The van der Waals surface area contributed by atoms with Crippen LogP contribution in [0.2, 0.25) is 0 Å². The molecule has 164 valence electrons. The number of methoxy groups -OCH3 is 1. The van der Waals surface area contributed by atoms with Gasteiger partial charge in [-0.25, -0.2) is 4.98 Å². The number of nitrogens with zero attached hydrogens (tertiary/aromatic N) is 3. The normalized spacial score (nSPS) is 14.6. The van der Waals surface area contributed by atoms with E-state index in [9.17, 15) is 4.79 Å². The van der Waals surface area contributed by atoms with Crippen LogP contribution in [0.25, 0.3) is 10.2 Å². The van der Waals surface area contributed by atoms with Crippen LogP contribution in [0.5, 0.6) is 11.5 Å². The van der Waals surface area contributed by atoms with Crippen molar-refractivity contribution in [3.8, 4) is 11.5 Å². The van der Waals surface area contributed by atoms with E-state index in [1.165, 1.54) is 0 Å². The third kappa shape index (κ3) is 5.08. The summed E-state index contributed by atoms with van der Waals surface area (Å²) in [5, 5.41) is 4.05. The highest BCUT2D eigenvalue weighted by molar-refractivity contribution is 7.22. The monoisotopic (exact) mass is 440 g/mol. The van der Waals surface area contributed by atoms with Crippen LogP contribution in [0.1, 0.15) is 17.3 Å². The Bertz CT molecular complexity index is 1030. The van der Waals surface area contributed by atoms with Crippen molar-refractivity contribution in [3.05, 3.63) is 48.0 Å². The Morgan fingerprint density at radius 1 is 1.16 bits per heavy atom. The number of hydrogen-bond acceptors (Lipinski definition) is 7. The van der Waals surface area contributed by atoms with Gasteiger partial charge in [0.15, 0.2) is 5.13 Å². The van der Waals surface area contributed by atoms with Gasteiger partial charge in [0, 0.05) is 44.8 Å². The predicted molar refractivity (Wildman–Crippen MR) is 125 cm³/mol. The van der Waals surface area contributed by atoms with Gasteiger partial charge in [-0.15, -0.1) is 0 Å². The van der Waals surface area contributed by atoms with E-state index >= 15 is 0 Å². The van der Waals surface area contributed by atoms with E-state index < -0.39 is 0 Å². The van der Waals surface area contributed by atoms with Gasteiger partial charge in [0.2, 0.25) is 0 Å². The number of anilines is 1. The Balaban J connectivity index is 1.27. The van der Waals surface area contributed by atoms with Crippen LogP contribution in [0, 0.1) is 0 Å². The molecule has 1 saturated heterocycles. The molecule has 2 heterocycles. The number of thiazole rings is 1. The van der Waals surface area contributed by atoms with Crippen LogP contribution in [0.15, 0.2) is 42.5 Å². The standard InChI is InChI=1S/C23H28N4O3S/c1-3-30-19-8-5-9-20-21(19)25-23(31-20)27-14-12-26(13-15-27)11-10-24-22(28)17-6-4-7-18(16-17)29-2/h4-9,16H,3,10-15H2,1-2H3,(H,24,28). The van der Waals surface area contributed by atoms with E-state index in [4.69, 9.17) is 14.5 Å². The van der Waals surface area contributed by atoms with Crippen LogP contribution in [0.4, 0.5) is 5.13 Å². The molecule has 1 aromatic heterocycles. The summed E-state index contributed by atoms with van der Waals surface area (Å²) in [6.07, 6.45) is 0. The average molecular weight is 441 g/mol. The first-order chi connectivity index (χ1) is 15.2. The van der Waals surface area contributed by atoms with Crippen molar-refractivity contribution in [2.45, 2.75) is 6.92 Å². The van der Waals surface area contributed by atoms with Gasteiger partial charge in [-0.2, -0.15) is 0 Å². The molecule has 1 fully saturated rings. The van der Waals surface area contributed by atoms with Crippen molar-refractivity contribution in [1.82, 2.24) is 15.2 Å². The fourth-order valence-electron chi connectivity index (χ4n) is 3.68. The zero-order valence-electron chi connectivity index (χ0n) is 18.0. The minimum absolute atomic E-state index is 0.0721. The molecule has 1 aliphatic rings. The van der Waals surface area contributed by atoms with E-state index in [1.807, 2.05) is 31.2 Å². The Hall–Kier alpha value is -2.84. The smallest absolute Gasteiger partial charge is 0.251 e. The Labute approximate surface area is 186 Å². The number of rotatable bonds is 8. The van der Waals surface area contributed by atoms with E-state index in [2.05, 4.69) is 21.2 Å². The molecule has 0 radical (unpaired) electrons. The highest BCUT2D eigenvalue weighted by Crippen LogP contribution is 2.34. The molecule has 0 spiro atoms. The zero-order chi connectivity index (χ0) is 21.6. The van der Waals surface area contributed by atoms with Crippen molar-refractivity contribution in [2.24, 2.45) is 0 Å². The molecule has 0 saturated carbocycles. The maximum absolute atomic E-state index is 12.3. The van der Waals surface area contributed by atoms with Crippen molar-refractivity contribution in [2.75, 3.05) is 57.9 Å². The van der Waals surface area contributed by atoms with Gasteiger partial charge < -0.3 is 19.7 Å². The number of benzene rings is 2. The quantitative estimate of drug-likeness (QED) is 0.580. The molecule has 7 nitrogen and oxygen atoms in total. The molecule has 1 amide bonds.